The number of halogens is 1. The average Bonchev–Trinajstić information content (AvgIpc) is 2.47. The zero-order valence-electron chi connectivity index (χ0n) is 12.7. The molecule has 2 aromatic carbocycles. The van der Waals surface area contributed by atoms with Gasteiger partial charge < -0.3 is 17.0 Å². The lowest BCUT2D eigenvalue weighted by Gasteiger charge is -2.04. The van der Waals surface area contributed by atoms with Crippen molar-refractivity contribution in [3.63, 3.8) is 0 Å². The fraction of sp³-hybridized carbons (Fsp3) is 0.158. The number of hydrogen-bond acceptors (Lipinski definition) is 1. The van der Waals surface area contributed by atoms with Crippen molar-refractivity contribution in [3.8, 4) is 0 Å². The SMILES string of the molecule is Cc1ccc(C(=O)C[n+]2ccc3ccccc3c2)c(C)c1.[Br-]. The summed E-state index contributed by atoms with van der Waals surface area (Å²) < 4.78 is 1.95. The predicted molar refractivity (Wildman–Crippen MR) is 84.4 cm³/mol. The average molecular weight is 356 g/mol. The van der Waals surface area contributed by atoms with E-state index in [1.807, 2.05) is 61.1 Å². The van der Waals surface area contributed by atoms with Crippen molar-refractivity contribution in [1.29, 1.82) is 0 Å². The first-order valence-corrected chi connectivity index (χ1v) is 7.12. The van der Waals surface area contributed by atoms with Crippen LogP contribution in [-0.4, -0.2) is 5.78 Å². The van der Waals surface area contributed by atoms with Crippen LogP contribution in [0.2, 0.25) is 0 Å². The molecule has 0 saturated carbocycles. The normalized spacial score (nSPS) is 10.3. The van der Waals surface area contributed by atoms with Gasteiger partial charge in [-0.05, 0) is 30.9 Å². The topological polar surface area (TPSA) is 20.9 Å². The Morgan fingerprint density at radius 3 is 2.45 bits per heavy atom. The minimum absolute atomic E-state index is 0. The Kier molecular flexibility index (Phi) is 5.09. The summed E-state index contributed by atoms with van der Waals surface area (Å²) >= 11 is 0. The highest BCUT2D eigenvalue weighted by Gasteiger charge is 2.14. The molecular formula is C19H18BrNO. The van der Waals surface area contributed by atoms with E-state index < -0.39 is 0 Å². The Morgan fingerprint density at radius 2 is 1.73 bits per heavy atom. The number of nitrogens with zero attached hydrogens (tertiary/aromatic N) is 1. The fourth-order valence-corrected chi connectivity index (χ4v) is 2.65. The Bertz CT molecular complexity index is 827. The molecule has 3 aromatic rings. The van der Waals surface area contributed by atoms with Crippen LogP contribution >= 0.6 is 0 Å². The molecule has 112 valence electrons. The van der Waals surface area contributed by atoms with Gasteiger partial charge in [0.05, 0.1) is 0 Å². The minimum atomic E-state index is 0. The number of aromatic nitrogens is 1. The number of pyridine rings is 1. The molecule has 0 fully saturated rings. The Balaban J connectivity index is 0.00000176. The van der Waals surface area contributed by atoms with E-state index >= 15 is 0 Å². The number of carbonyl (C=O) groups excluding carboxylic acids is 1. The molecule has 0 unspecified atom stereocenters. The third-order valence-corrected chi connectivity index (χ3v) is 3.75. The lowest BCUT2D eigenvalue weighted by atomic mass is 10.0. The van der Waals surface area contributed by atoms with E-state index in [4.69, 9.17) is 0 Å². The summed E-state index contributed by atoms with van der Waals surface area (Å²) in [5, 5.41) is 2.33. The third-order valence-electron chi connectivity index (χ3n) is 3.75. The monoisotopic (exact) mass is 355 g/mol. The van der Waals surface area contributed by atoms with Gasteiger partial charge in [0.25, 0.3) is 0 Å². The highest BCUT2D eigenvalue weighted by Crippen LogP contribution is 2.12. The standard InChI is InChI=1S/C19H18NO.BrH/c1-14-7-8-18(15(2)11-14)19(21)13-20-10-9-16-5-3-4-6-17(16)12-20;/h3-12H,13H2,1-2H3;1H/q+1;/p-1. The van der Waals surface area contributed by atoms with Gasteiger partial charge in [0, 0.05) is 17.0 Å². The first-order valence-electron chi connectivity index (χ1n) is 7.12. The van der Waals surface area contributed by atoms with Gasteiger partial charge in [-0.25, -0.2) is 0 Å². The van der Waals surface area contributed by atoms with E-state index in [-0.39, 0.29) is 22.8 Å². The number of rotatable bonds is 3. The predicted octanol–water partition coefficient (Wildman–Crippen LogP) is 0.631. The van der Waals surface area contributed by atoms with Crippen LogP contribution in [0.4, 0.5) is 0 Å². The van der Waals surface area contributed by atoms with Crippen molar-refractivity contribution in [3.05, 3.63) is 77.6 Å². The Hall–Kier alpha value is -2.00. The van der Waals surface area contributed by atoms with E-state index in [0.29, 0.717) is 6.54 Å². The van der Waals surface area contributed by atoms with Gasteiger partial charge in [0.15, 0.2) is 12.4 Å². The number of carbonyl (C=O) groups is 1. The number of ketones is 1. The summed E-state index contributed by atoms with van der Waals surface area (Å²) in [4.78, 5) is 12.5. The van der Waals surface area contributed by atoms with Crippen molar-refractivity contribution in [2.24, 2.45) is 0 Å². The lowest BCUT2D eigenvalue weighted by Crippen LogP contribution is -3.00. The van der Waals surface area contributed by atoms with Crippen LogP contribution in [-0.2, 0) is 6.54 Å². The van der Waals surface area contributed by atoms with Gasteiger partial charge in [-0.15, -0.1) is 0 Å². The molecule has 22 heavy (non-hydrogen) atoms. The third kappa shape index (κ3) is 3.42. The van der Waals surface area contributed by atoms with Crippen LogP contribution in [0.3, 0.4) is 0 Å². The van der Waals surface area contributed by atoms with Crippen LogP contribution in [0.25, 0.3) is 10.8 Å². The zero-order valence-corrected chi connectivity index (χ0v) is 14.3. The molecule has 0 bridgehead atoms. The summed E-state index contributed by atoms with van der Waals surface area (Å²) in [5.41, 5.74) is 3.03. The molecule has 0 N–H and O–H groups in total. The summed E-state index contributed by atoms with van der Waals surface area (Å²) in [5.74, 6) is 0.146. The zero-order chi connectivity index (χ0) is 14.8. The second-order valence-corrected chi connectivity index (χ2v) is 5.49. The van der Waals surface area contributed by atoms with E-state index in [9.17, 15) is 4.79 Å². The Morgan fingerprint density at radius 1 is 1.00 bits per heavy atom. The highest BCUT2D eigenvalue weighted by atomic mass is 79.9. The van der Waals surface area contributed by atoms with E-state index in [1.165, 1.54) is 10.9 Å². The smallest absolute Gasteiger partial charge is 0.227 e. The molecule has 2 nitrogen and oxygen atoms in total. The maximum absolute atomic E-state index is 12.5. The molecule has 0 saturated heterocycles. The first kappa shape index (κ1) is 16.4. The first-order chi connectivity index (χ1) is 10.1. The van der Waals surface area contributed by atoms with Gasteiger partial charge in [-0.2, -0.15) is 4.57 Å². The van der Waals surface area contributed by atoms with Crippen LogP contribution < -0.4 is 21.5 Å². The molecule has 0 atom stereocenters. The van der Waals surface area contributed by atoms with Gasteiger partial charge in [0.1, 0.15) is 0 Å². The molecule has 1 aromatic heterocycles. The van der Waals surface area contributed by atoms with Crippen molar-refractivity contribution in [1.82, 2.24) is 0 Å². The van der Waals surface area contributed by atoms with Crippen molar-refractivity contribution < 1.29 is 26.3 Å². The summed E-state index contributed by atoms with van der Waals surface area (Å²) in [6.07, 6.45) is 3.99. The molecule has 3 heteroatoms. The second-order valence-electron chi connectivity index (χ2n) is 5.49. The van der Waals surface area contributed by atoms with E-state index in [0.717, 1.165) is 16.5 Å². The molecule has 0 amide bonds. The van der Waals surface area contributed by atoms with Crippen LogP contribution in [0.1, 0.15) is 21.5 Å². The molecule has 0 aliphatic carbocycles. The van der Waals surface area contributed by atoms with Crippen LogP contribution in [0.5, 0.6) is 0 Å². The molecule has 3 rings (SSSR count). The van der Waals surface area contributed by atoms with E-state index in [1.54, 1.807) is 0 Å². The summed E-state index contributed by atoms with van der Waals surface area (Å²) in [6.45, 7) is 4.40. The van der Waals surface area contributed by atoms with Crippen molar-refractivity contribution in [2.75, 3.05) is 0 Å². The summed E-state index contributed by atoms with van der Waals surface area (Å²) in [7, 11) is 0. The number of Topliss-reactive ketones (excluding diaryl/α,β-unsaturated/α-hetero) is 1. The number of benzene rings is 2. The van der Waals surface area contributed by atoms with Gasteiger partial charge >= 0.3 is 0 Å². The highest BCUT2D eigenvalue weighted by molar-refractivity contribution is 5.96. The summed E-state index contributed by atoms with van der Waals surface area (Å²) in [6, 6.07) is 16.2. The molecule has 0 aliphatic heterocycles. The largest absolute Gasteiger partial charge is 1.00 e. The quantitative estimate of drug-likeness (QED) is 0.498. The molecule has 0 spiro atoms. The van der Waals surface area contributed by atoms with Crippen molar-refractivity contribution in [2.45, 2.75) is 20.4 Å². The maximum atomic E-state index is 12.5. The number of aryl methyl sites for hydroxylation is 2. The maximum Gasteiger partial charge on any atom is 0.227 e. The van der Waals surface area contributed by atoms with Crippen LogP contribution in [0, 0.1) is 13.8 Å². The fourth-order valence-electron chi connectivity index (χ4n) is 2.65. The molecule has 0 radical (unpaired) electrons. The lowest BCUT2D eigenvalue weighted by molar-refractivity contribution is -0.681. The van der Waals surface area contributed by atoms with Gasteiger partial charge in [-0.1, -0.05) is 42.0 Å². The molecule has 0 aliphatic rings. The number of fused-ring (bicyclic) bond motifs is 1. The van der Waals surface area contributed by atoms with Gasteiger partial charge in [0.2, 0.25) is 12.3 Å². The number of hydrogen-bond donors (Lipinski definition) is 0. The minimum Gasteiger partial charge on any atom is -1.00 e. The molecular weight excluding hydrogens is 338 g/mol. The van der Waals surface area contributed by atoms with Gasteiger partial charge in [-0.3, -0.25) is 4.79 Å². The van der Waals surface area contributed by atoms with E-state index in [2.05, 4.69) is 18.2 Å². The molecule has 1 heterocycles. The van der Waals surface area contributed by atoms with Crippen molar-refractivity contribution >= 4 is 16.6 Å². The van der Waals surface area contributed by atoms with Crippen LogP contribution in [0.15, 0.2) is 60.9 Å². The Labute approximate surface area is 141 Å². The second kappa shape index (κ2) is 6.84.